The summed E-state index contributed by atoms with van der Waals surface area (Å²) in [4.78, 5) is 12.3. The number of anilines is 1. The molecule has 0 bridgehead atoms. The highest BCUT2D eigenvalue weighted by molar-refractivity contribution is 6.09. The molecule has 0 radical (unpaired) electrons. The number of rotatable bonds is 7. The average Bonchev–Trinajstić information content (AvgIpc) is 3.31. The maximum atomic E-state index is 12.3. The van der Waals surface area contributed by atoms with Crippen molar-refractivity contribution in [2.75, 3.05) is 11.9 Å². The van der Waals surface area contributed by atoms with Gasteiger partial charge >= 0.3 is 0 Å². The second-order valence-electron chi connectivity index (χ2n) is 6.67. The van der Waals surface area contributed by atoms with E-state index in [4.69, 9.17) is 9.26 Å². The number of amides is 1. The quantitative estimate of drug-likeness (QED) is 0.486. The molecule has 3 aromatic rings. The normalized spacial score (nSPS) is 11.2. The predicted molar refractivity (Wildman–Crippen MR) is 109 cm³/mol. The van der Waals surface area contributed by atoms with Crippen LogP contribution in [0, 0.1) is 32.1 Å². The first kappa shape index (κ1) is 20.0. The number of hydrogen-bond donors (Lipinski definition) is 1. The van der Waals surface area contributed by atoms with E-state index in [0.29, 0.717) is 18.9 Å². The van der Waals surface area contributed by atoms with E-state index in [-0.39, 0.29) is 11.4 Å². The molecule has 29 heavy (non-hydrogen) atoms. The van der Waals surface area contributed by atoms with Crippen LogP contribution < -0.4 is 10.1 Å². The van der Waals surface area contributed by atoms with Crippen molar-refractivity contribution in [2.24, 2.45) is 0 Å². The molecule has 0 spiro atoms. The van der Waals surface area contributed by atoms with Crippen LogP contribution in [-0.4, -0.2) is 22.2 Å². The number of nitrogens with one attached hydrogen (secondary N) is 1. The lowest BCUT2D eigenvalue weighted by atomic mass is 10.1. The topological polar surface area (TPSA) is 93.1 Å². The molecule has 148 valence electrons. The van der Waals surface area contributed by atoms with Gasteiger partial charge < -0.3 is 19.1 Å². The molecule has 0 saturated carbocycles. The highest BCUT2D eigenvalue weighted by Gasteiger charge is 2.13. The first-order valence-electron chi connectivity index (χ1n) is 9.18. The van der Waals surface area contributed by atoms with E-state index >= 15 is 0 Å². The van der Waals surface area contributed by atoms with Gasteiger partial charge in [0.25, 0.3) is 5.91 Å². The van der Waals surface area contributed by atoms with E-state index in [1.54, 1.807) is 13.0 Å². The van der Waals surface area contributed by atoms with Gasteiger partial charge in [0.2, 0.25) is 0 Å². The molecule has 1 N–H and O–H groups in total. The zero-order valence-electron chi connectivity index (χ0n) is 16.6. The van der Waals surface area contributed by atoms with E-state index in [1.165, 1.54) is 17.2 Å². The van der Waals surface area contributed by atoms with Crippen LogP contribution in [-0.2, 0) is 11.3 Å². The molecule has 1 aromatic carbocycles. The van der Waals surface area contributed by atoms with Gasteiger partial charge in [-0.25, -0.2) is 0 Å². The Labute approximate surface area is 169 Å². The van der Waals surface area contributed by atoms with Gasteiger partial charge in [-0.1, -0.05) is 11.2 Å². The van der Waals surface area contributed by atoms with E-state index in [2.05, 4.69) is 17.4 Å². The van der Waals surface area contributed by atoms with Gasteiger partial charge in [0.15, 0.2) is 5.82 Å². The fourth-order valence-electron chi connectivity index (χ4n) is 2.73. The van der Waals surface area contributed by atoms with Crippen molar-refractivity contribution in [3.05, 3.63) is 70.7 Å². The number of nitriles is 1. The Hall–Kier alpha value is -3.79. The minimum Gasteiger partial charge on any atom is -0.492 e. The molecule has 0 aliphatic rings. The third-order valence-electron chi connectivity index (χ3n) is 4.47. The molecule has 2 aromatic heterocycles. The number of hydrogen-bond acceptors (Lipinski definition) is 5. The lowest BCUT2D eigenvalue weighted by molar-refractivity contribution is -0.112. The van der Waals surface area contributed by atoms with Gasteiger partial charge in [-0.2, -0.15) is 5.26 Å². The minimum absolute atomic E-state index is 0.0271. The van der Waals surface area contributed by atoms with Crippen molar-refractivity contribution < 1.29 is 14.1 Å². The highest BCUT2D eigenvalue weighted by atomic mass is 16.5. The number of aromatic nitrogens is 2. The number of benzene rings is 1. The summed E-state index contributed by atoms with van der Waals surface area (Å²) in [7, 11) is 0. The monoisotopic (exact) mass is 390 g/mol. The number of carbonyl (C=O) groups excluding carboxylic acids is 1. The average molecular weight is 390 g/mol. The summed E-state index contributed by atoms with van der Waals surface area (Å²) in [5, 5.41) is 15.6. The molecule has 0 aliphatic carbocycles. The molecular weight excluding hydrogens is 368 g/mol. The minimum atomic E-state index is -0.542. The Morgan fingerprint density at radius 2 is 2.10 bits per heavy atom. The van der Waals surface area contributed by atoms with Crippen LogP contribution in [0.3, 0.4) is 0 Å². The summed E-state index contributed by atoms with van der Waals surface area (Å²) >= 11 is 0. The van der Waals surface area contributed by atoms with Crippen LogP contribution in [0.25, 0.3) is 6.08 Å². The van der Waals surface area contributed by atoms with Crippen molar-refractivity contribution in [1.82, 2.24) is 9.72 Å². The fraction of sp³-hybridized carbons (Fsp3) is 0.227. The molecule has 0 atom stereocenters. The summed E-state index contributed by atoms with van der Waals surface area (Å²) in [6.07, 6.45) is 3.42. The van der Waals surface area contributed by atoms with Crippen LogP contribution in [0.1, 0.15) is 22.6 Å². The third-order valence-corrected chi connectivity index (χ3v) is 4.47. The zero-order chi connectivity index (χ0) is 20.8. The molecular formula is C22H22N4O3. The summed E-state index contributed by atoms with van der Waals surface area (Å²) in [6, 6.07) is 13.2. The van der Waals surface area contributed by atoms with Crippen molar-refractivity contribution in [3.63, 3.8) is 0 Å². The number of aryl methyl sites for hydroxylation is 3. The van der Waals surface area contributed by atoms with Gasteiger partial charge in [0.05, 0.1) is 6.54 Å². The Morgan fingerprint density at radius 1 is 1.28 bits per heavy atom. The molecule has 0 aliphatic heterocycles. The summed E-state index contributed by atoms with van der Waals surface area (Å²) in [5.74, 6) is 1.11. The van der Waals surface area contributed by atoms with Crippen LogP contribution in [0.15, 0.2) is 52.7 Å². The van der Waals surface area contributed by atoms with Crippen LogP contribution in [0.4, 0.5) is 5.82 Å². The maximum Gasteiger partial charge on any atom is 0.267 e. The fourth-order valence-corrected chi connectivity index (χ4v) is 2.73. The summed E-state index contributed by atoms with van der Waals surface area (Å²) in [5.41, 5.74) is 3.11. The smallest absolute Gasteiger partial charge is 0.267 e. The van der Waals surface area contributed by atoms with Gasteiger partial charge in [0.1, 0.15) is 29.8 Å². The zero-order valence-corrected chi connectivity index (χ0v) is 16.6. The largest absolute Gasteiger partial charge is 0.492 e. The molecule has 2 heterocycles. The highest BCUT2D eigenvalue weighted by Crippen LogP contribution is 2.17. The van der Waals surface area contributed by atoms with Gasteiger partial charge in [-0.3, -0.25) is 4.79 Å². The van der Waals surface area contributed by atoms with Gasteiger partial charge in [0, 0.05) is 18.0 Å². The standard InChI is InChI=1S/C22H22N4O3/c1-15-6-7-20(11-16(15)2)28-10-9-26-8-4-5-19(26)13-18(14-23)22(27)24-21-12-17(3)29-25-21/h4-8,11-13H,9-10H2,1-3H3,(H,24,25,27)/b18-13-. The van der Waals surface area contributed by atoms with Gasteiger partial charge in [-0.05, 0) is 62.2 Å². The number of ether oxygens (including phenoxy) is 1. The van der Waals surface area contributed by atoms with Crippen molar-refractivity contribution in [3.8, 4) is 11.8 Å². The first-order valence-corrected chi connectivity index (χ1v) is 9.18. The van der Waals surface area contributed by atoms with Crippen molar-refractivity contribution >= 4 is 17.8 Å². The van der Waals surface area contributed by atoms with Crippen LogP contribution >= 0.6 is 0 Å². The van der Waals surface area contributed by atoms with Crippen molar-refractivity contribution in [1.29, 1.82) is 5.26 Å². The van der Waals surface area contributed by atoms with E-state index in [1.807, 2.05) is 54.1 Å². The molecule has 7 heteroatoms. The Bertz CT molecular complexity index is 1090. The van der Waals surface area contributed by atoms with E-state index in [9.17, 15) is 10.1 Å². The number of carbonyl (C=O) groups is 1. The molecule has 1 amide bonds. The first-order chi connectivity index (χ1) is 14.0. The summed E-state index contributed by atoms with van der Waals surface area (Å²) < 4.78 is 12.7. The second-order valence-corrected chi connectivity index (χ2v) is 6.67. The predicted octanol–water partition coefficient (Wildman–Crippen LogP) is 4.03. The Kier molecular flexibility index (Phi) is 6.15. The molecule has 0 fully saturated rings. The van der Waals surface area contributed by atoms with Gasteiger partial charge in [-0.15, -0.1) is 0 Å². The second kappa shape index (κ2) is 8.93. The molecule has 0 saturated heterocycles. The van der Waals surface area contributed by atoms with Crippen LogP contribution in [0.5, 0.6) is 5.75 Å². The molecule has 0 unspecified atom stereocenters. The molecule has 3 rings (SSSR count). The SMILES string of the molecule is Cc1cc(NC(=O)/C(C#N)=C\c2cccn2CCOc2ccc(C)c(C)c2)no1. The van der Waals surface area contributed by atoms with E-state index in [0.717, 1.165) is 11.4 Å². The third kappa shape index (κ3) is 5.14. The maximum absolute atomic E-state index is 12.3. The lowest BCUT2D eigenvalue weighted by Crippen LogP contribution is -2.14. The number of nitrogens with zero attached hydrogens (tertiary/aromatic N) is 3. The van der Waals surface area contributed by atoms with Crippen molar-refractivity contribution in [2.45, 2.75) is 27.3 Å². The summed E-state index contributed by atoms with van der Waals surface area (Å²) in [6.45, 7) is 6.87. The van der Waals surface area contributed by atoms with Crippen LogP contribution in [0.2, 0.25) is 0 Å². The lowest BCUT2D eigenvalue weighted by Gasteiger charge is -2.10. The molecule has 7 nitrogen and oxygen atoms in total. The Balaban J connectivity index is 1.65. The van der Waals surface area contributed by atoms with E-state index < -0.39 is 5.91 Å². The Morgan fingerprint density at radius 3 is 2.79 bits per heavy atom.